The largest absolute Gasteiger partial charge is 0.377 e. The van der Waals surface area contributed by atoms with Crippen molar-refractivity contribution in [3.8, 4) is 0 Å². The molecule has 18 heavy (non-hydrogen) atoms. The average molecular weight is 257 g/mol. The van der Waals surface area contributed by atoms with Crippen molar-refractivity contribution in [2.75, 3.05) is 13.2 Å². The molecule has 1 unspecified atom stereocenters. The predicted molar refractivity (Wildman–Crippen MR) is 81.2 cm³/mol. The Kier molecular flexibility index (Phi) is 10.8. The summed E-state index contributed by atoms with van der Waals surface area (Å²) in [6.45, 7) is 13.0. The fourth-order valence-corrected chi connectivity index (χ4v) is 1.87. The van der Waals surface area contributed by atoms with Gasteiger partial charge in [-0.15, -0.1) is 0 Å². The van der Waals surface area contributed by atoms with Crippen LogP contribution in [0.4, 0.5) is 0 Å². The zero-order chi connectivity index (χ0) is 13.9. The van der Waals surface area contributed by atoms with E-state index in [-0.39, 0.29) is 5.54 Å². The van der Waals surface area contributed by atoms with Crippen LogP contribution in [0.1, 0.15) is 79.6 Å². The van der Waals surface area contributed by atoms with E-state index in [4.69, 9.17) is 4.74 Å². The highest BCUT2D eigenvalue weighted by molar-refractivity contribution is 4.72. The van der Waals surface area contributed by atoms with E-state index < -0.39 is 0 Å². The van der Waals surface area contributed by atoms with E-state index in [9.17, 15) is 0 Å². The summed E-state index contributed by atoms with van der Waals surface area (Å²) in [5, 5.41) is 3.52. The molecule has 0 rings (SSSR count). The third-order valence-corrected chi connectivity index (χ3v) is 3.17. The Labute approximate surface area is 115 Å². The zero-order valence-corrected chi connectivity index (χ0v) is 13.3. The first-order valence-electron chi connectivity index (χ1n) is 7.86. The topological polar surface area (TPSA) is 21.3 Å². The second-order valence-corrected chi connectivity index (χ2v) is 6.30. The molecule has 1 atom stereocenters. The Morgan fingerprint density at radius 3 is 2.11 bits per heavy atom. The molecule has 0 aliphatic carbocycles. The number of rotatable bonds is 11. The van der Waals surface area contributed by atoms with E-state index in [2.05, 4.69) is 39.9 Å². The highest BCUT2D eigenvalue weighted by Crippen LogP contribution is 2.07. The van der Waals surface area contributed by atoms with Crippen LogP contribution in [0, 0.1) is 0 Å². The lowest BCUT2D eigenvalue weighted by Crippen LogP contribution is -2.41. The van der Waals surface area contributed by atoms with E-state index in [0.29, 0.717) is 6.10 Å². The Bertz CT molecular complexity index is 174. The van der Waals surface area contributed by atoms with Crippen LogP contribution in [0.25, 0.3) is 0 Å². The molecule has 0 radical (unpaired) electrons. The lowest BCUT2D eigenvalue weighted by Gasteiger charge is -2.25. The van der Waals surface area contributed by atoms with Gasteiger partial charge < -0.3 is 10.1 Å². The molecular weight excluding hydrogens is 222 g/mol. The Hall–Kier alpha value is -0.0800. The molecule has 0 aromatic carbocycles. The van der Waals surface area contributed by atoms with Gasteiger partial charge in [0.1, 0.15) is 0 Å². The minimum absolute atomic E-state index is 0.191. The van der Waals surface area contributed by atoms with Crippen molar-refractivity contribution in [2.24, 2.45) is 0 Å². The normalized spacial score (nSPS) is 13.8. The van der Waals surface area contributed by atoms with Crippen LogP contribution in [0.15, 0.2) is 0 Å². The molecular formula is C16H35NO. The number of hydrogen-bond donors (Lipinski definition) is 1. The maximum Gasteiger partial charge on any atom is 0.0697 e. The predicted octanol–water partition coefficient (Wildman–Crippen LogP) is 4.53. The van der Waals surface area contributed by atoms with Gasteiger partial charge in [-0.25, -0.2) is 0 Å². The van der Waals surface area contributed by atoms with Crippen molar-refractivity contribution in [3.63, 3.8) is 0 Å². The molecule has 0 aliphatic heterocycles. The van der Waals surface area contributed by atoms with Crippen molar-refractivity contribution < 1.29 is 4.74 Å². The standard InChI is InChI=1S/C16H35NO/c1-6-8-9-10-11-12-13-18-15(7-2)14-17-16(3,4)5/h15,17H,6-14H2,1-5H3. The molecule has 0 amide bonds. The van der Waals surface area contributed by atoms with Crippen LogP contribution in [-0.2, 0) is 4.74 Å². The highest BCUT2D eigenvalue weighted by Gasteiger charge is 2.12. The smallest absolute Gasteiger partial charge is 0.0697 e. The molecule has 0 heterocycles. The molecule has 0 fully saturated rings. The van der Waals surface area contributed by atoms with Gasteiger partial charge in [-0.2, -0.15) is 0 Å². The fourth-order valence-electron chi connectivity index (χ4n) is 1.87. The SMILES string of the molecule is CCCCCCCCOC(CC)CNC(C)(C)C. The molecule has 0 aromatic heterocycles. The summed E-state index contributed by atoms with van der Waals surface area (Å²) < 4.78 is 5.93. The van der Waals surface area contributed by atoms with E-state index in [1.54, 1.807) is 0 Å². The summed E-state index contributed by atoms with van der Waals surface area (Å²) in [7, 11) is 0. The summed E-state index contributed by atoms with van der Waals surface area (Å²) in [5.41, 5.74) is 0.191. The van der Waals surface area contributed by atoms with Crippen molar-refractivity contribution >= 4 is 0 Å². The van der Waals surface area contributed by atoms with Crippen LogP contribution < -0.4 is 5.32 Å². The van der Waals surface area contributed by atoms with Crippen molar-refractivity contribution in [3.05, 3.63) is 0 Å². The van der Waals surface area contributed by atoms with Gasteiger partial charge in [0, 0.05) is 18.7 Å². The lowest BCUT2D eigenvalue weighted by atomic mass is 10.1. The minimum Gasteiger partial charge on any atom is -0.377 e. The quantitative estimate of drug-likeness (QED) is 0.549. The fraction of sp³-hybridized carbons (Fsp3) is 1.00. The molecule has 2 heteroatoms. The number of hydrogen-bond acceptors (Lipinski definition) is 2. The van der Waals surface area contributed by atoms with Gasteiger partial charge in [0.25, 0.3) is 0 Å². The van der Waals surface area contributed by atoms with Crippen LogP contribution in [0.3, 0.4) is 0 Å². The van der Waals surface area contributed by atoms with Gasteiger partial charge in [-0.05, 0) is 33.6 Å². The van der Waals surface area contributed by atoms with Gasteiger partial charge >= 0.3 is 0 Å². The Morgan fingerprint density at radius 2 is 1.56 bits per heavy atom. The number of nitrogens with one attached hydrogen (secondary N) is 1. The molecule has 2 nitrogen and oxygen atoms in total. The summed E-state index contributed by atoms with van der Waals surface area (Å²) in [5.74, 6) is 0. The van der Waals surface area contributed by atoms with Gasteiger partial charge in [0.15, 0.2) is 0 Å². The zero-order valence-electron chi connectivity index (χ0n) is 13.3. The number of ether oxygens (including phenoxy) is 1. The molecule has 0 bridgehead atoms. The Morgan fingerprint density at radius 1 is 0.944 bits per heavy atom. The third kappa shape index (κ3) is 12.4. The first-order chi connectivity index (χ1) is 8.49. The minimum atomic E-state index is 0.191. The van der Waals surface area contributed by atoms with E-state index in [0.717, 1.165) is 19.6 Å². The summed E-state index contributed by atoms with van der Waals surface area (Å²) in [6, 6.07) is 0. The molecule has 110 valence electrons. The van der Waals surface area contributed by atoms with Crippen molar-refractivity contribution in [2.45, 2.75) is 91.2 Å². The van der Waals surface area contributed by atoms with Crippen LogP contribution in [-0.4, -0.2) is 24.8 Å². The highest BCUT2D eigenvalue weighted by atomic mass is 16.5. The molecule has 0 saturated carbocycles. The average Bonchev–Trinajstić information content (AvgIpc) is 2.30. The van der Waals surface area contributed by atoms with E-state index >= 15 is 0 Å². The van der Waals surface area contributed by atoms with Gasteiger partial charge in [-0.1, -0.05) is 46.0 Å². The first kappa shape index (κ1) is 17.9. The van der Waals surface area contributed by atoms with Crippen LogP contribution >= 0.6 is 0 Å². The van der Waals surface area contributed by atoms with Crippen molar-refractivity contribution in [1.29, 1.82) is 0 Å². The second kappa shape index (κ2) is 10.8. The van der Waals surface area contributed by atoms with Crippen molar-refractivity contribution in [1.82, 2.24) is 5.32 Å². The maximum atomic E-state index is 5.93. The second-order valence-electron chi connectivity index (χ2n) is 6.30. The summed E-state index contributed by atoms with van der Waals surface area (Å²) >= 11 is 0. The molecule has 0 spiro atoms. The van der Waals surface area contributed by atoms with Crippen LogP contribution in [0.5, 0.6) is 0 Å². The Balaban J connectivity index is 3.44. The van der Waals surface area contributed by atoms with Gasteiger partial charge in [0.2, 0.25) is 0 Å². The van der Waals surface area contributed by atoms with E-state index in [1.807, 2.05) is 0 Å². The van der Waals surface area contributed by atoms with E-state index in [1.165, 1.54) is 38.5 Å². The summed E-state index contributed by atoms with van der Waals surface area (Å²) in [6.07, 6.45) is 9.48. The third-order valence-electron chi connectivity index (χ3n) is 3.17. The van der Waals surface area contributed by atoms with Gasteiger partial charge in [0.05, 0.1) is 6.10 Å². The molecule has 0 saturated heterocycles. The molecule has 0 aliphatic rings. The maximum absolute atomic E-state index is 5.93. The molecule has 0 aromatic rings. The summed E-state index contributed by atoms with van der Waals surface area (Å²) in [4.78, 5) is 0. The van der Waals surface area contributed by atoms with Crippen LogP contribution in [0.2, 0.25) is 0 Å². The molecule has 1 N–H and O–H groups in total. The first-order valence-corrected chi connectivity index (χ1v) is 7.86. The lowest BCUT2D eigenvalue weighted by molar-refractivity contribution is 0.0441. The van der Waals surface area contributed by atoms with Gasteiger partial charge in [-0.3, -0.25) is 0 Å². The number of unbranched alkanes of at least 4 members (excludes halogenated alkanes) is 5. The monoisotopic (exact) mass is 257 g/mol.